The number of nitrogens with zero attached hydrogens (tertiary/aromatic N) is 4. The number of pyridine rings is 1. The first-order chi connectivity index (χ1) is 22.3. The molecule has 13 heteroatoms. The number of aromatic nitrogens is 4. The van der Waals surface area contributed by atoms with E-state index < -0.39 is 27.4 Å². The number of ketones is 2. The molecule has 0 aliphatic carbocycles. The van der Waals surface area contributed by atoms with Crippen molar-refractivity contribution in [2.45, 2.75) is 32.1 Å². The minimum absolute atomic E-state index is 0.0112. The van der Waals surface area contributed by atoms with Crippen molar-refractivity contribution in [2.75, 3.05) is 5.73 Å². The first kappa shape index (κ1) is 31.3. The van der Waals surface area contributed by atoms with Gasteiger partial charge in [-0.2, -0.15) is 5.10 Å². The highest BCUT2D eigenvalue weighted by Crippen LogP contribution is 2.32. The molecule has 0 aliphatic rings. The quantitative estimate of drug-likeness (QED) is 0.185. The number of halogens is 2. The monoisotopic (exact) mass is 655 g/mol. The van der Waals surface area contributed by atoms with E-state index in [2.05, 4.69) is 10.1 Å². The van der Waals surface area contributed by atoms with E-state index in [1.807, 2.05) is 0 Å². The molecule has 2 N–H and O–H groups in total. The largest absolute Gasteiger partial charge is 0.436 e. The normalized spacial score (nSPS) is 11.6. The van der Waals surface area contributed by atoms with E-state index in [1.165, 1.54) is 66.5 Å². The van der Waals surface area contributed by atoms with Crippen molar-refractivity contribution in [2.24, 2.45) is 0 Å². The van der Waals surface area contributed by atoms with Gasteiger partial charge in [0.25, 0.3) is 10.0 Å². The number of carbonyl (C=O) groups is 2. The van der Waals surface area contributed by atoms with Crippen LogP contribution in [0.15, 0.2) is 90.1 Å². The summed E-state index contributed by atoms with van der Waals surface area (Å²) in [5, 5.41) is 4.40. The summed E-state index contributed by atoms with van der Waals surface area (Å²) in [5.74, 6) is -2.40. The molecule has 0 unspecified atom stereocenters. The van der Waals surface area contributed by atoms with Crippen molar-refractivity contribution in [3.8, 4) is 17.3 Å². The zero-order valence-corrected chi connectivity index (χ0v) is 26.2. The number of aryl methyl sites for hydroxylation is 2. The number of nitrogen functional groups attached to an aromatic ring is 1. The van der Waals surface area contributed by atoms with Crippen molar-refractivity contribution < 1.29 is 31.5 Å². The highest BCUT2D eigenvalue weighted by Gasteiger charge is 2.30. The van der Waals surface area contributed by atoms with Crippen LogP contribution in [0, 0.1) is 25.5 Å². The third-order valence-corrected chi connectivity index (χ3v) is 9.29. The lowest BCUT2D eigenvalue weighted by atomic mass is 10.1. The number of hydrogen-bond acceptors (Lipinski definition) is 8. The second-order valence-electron chi connectivity index (χ2n) is 11.0. The molecule has 0 saturated carbocycles. The third-order valence-electron chi connectivity index (χ3n) is 7.55. The fourth-order valence-corrected chi connectivity index (χ4v) is 6.69. The van der Waals surface area contributed by atoms with E-state index in [9.17, 15) is 22.4 Å². The minimum Gasteiger partial charge on any atom is -0.436 e. The number of fused-ring (bicyclic) bond motifs is 1. The summed E-state index contributed by atoms with van der Waals surface area (Å²) in [4.78, 5) is 30.1. The second kappa shape index (κ2) is 11.9. The highest BCUT2D eigenvalue weighted by atomic mass is 32.2. The van der Waals surface area contributed by atoms with Crippen molar-refractivity contribution in [1.82, 2.24) is 18.7 Å². The van der Waals surface area contributed by atoms with Crippen LogP contribution in [0.5, 0.6) is 11.6 Å². The Morgan fingerprint density at radius 1 is 0.936 bits per heavy atom. The first-order valence-corrected chi connectivity index (χ1v) is 15.7. The van der Waals surface area contributed by atoms with Gasteiger partial charge in [-0.3, -0.25) is 9.59 Å². The van der Waals surface area contributed by atoms with Crippen LogP contribution in [-0.2, 0) is 21.2 Å². The van der Waals surface area contributed by atoms with Gasteiger partial charge < -0.3 is 10.5 Å². The van der Waals surface area contributed by atoms with Crippen LogP contribution >= 0.6 is 0 Å². The molecule has 0 saturated heterocycles. The maximum atomic E-state index is 15.0. The standard InChI is InChI=1S/C34H27F2N5O5S/c1-19-8-10-24(11-9-19)47(44,45)41-28-15-22(13-21(3)42)27(36)14-23(28)16-29(41)33(43)25-17-39-40(34(25)37)30-18-38-32(12-20(30)2)46-31-7-5-4-6-26(31)35/h4-12,14-18H,13,37H2,1-3H3. The van der Waals surface area contributed by atoms with E-state index in [1.54, 1.807) is 38.1 Å². The van der Waals surface area contributed by atoms with Crippen LogP contribution < -0.4 is 10.5 Å². The molecule has 6 aromatic rings. The van der Waals surface area contributed by atoms with Crippen molar-refractivity contribution in [3.63, 3.8) is 0 Å². The van der Waals surface area contributed by atoms with Gasteiger partial charge in [-0.05, 0) is 74.4 Å². The molecule has 3 aromatic heterocycles. The highest BCUT2D eigenvalue weighted by molar-refractivity contribution is 7.90. The number of rotatable bonds is 9. The molecular weight excluding hydrogens is 628 g/mol. The molecule has 0 bridgehead atoms. The molecule has 0 spiro atoms. The number of Topliss-reactive ketones (excluding diaryl/α,β-unsaturated/α-hetero) is 1. The van der Waals surface area contributed by atoms with Crippen molar-refractivity contribution in [1.29, 1.82) is 0 Å². The predicted molar refractivity (Wildman–Crippen MR) is 170 cm³/mol. The zero-order chi connectivity index (χ0) is 33.6. The Hall–Kier alpha value is -5.69. The number of benzene rings is 3. The summed E-state index contributed by atoms with van der Waals surface area (Å²) in [6.45, 7) is 4.81. The van der Waals surface area contributed by atoms with Gasteiger partial charge in [0.2, 0.25) is 11.7 Å². The number of ether oxygens (including phenoxy) is 1. The molecular formula is C34H27F2N5O5S. The van der Waals surface area contributed by atoms with Crippen molar-refractivity contribution >= 4 is 38.3 Å². The smallest absolute Gasteiger partial charge is 0.268 e. The molecule has 6 rings (SSSR count). The third kappa shape index (κ3) is 5.76. The number of carbonyl (C=O) groups excluding carboxylic acids is 2. The Bertz CT molecular complexity index is 2330. The number of nitrogens with two attached hydrogens (primary N) is 1. The Morgan fingerprint density at radius 2 is 1.66 bits per heavy atom. The Morgan fingerprint density at radius 3 is 2.34 bits per heavy atom. The van der Waals surface area contributed by atoms with Gasteiger partial charge in [0.15, 0.2) is 11.6 Å². The van der Waals surface area contributed by atoms with Gasteiger partial charge in [-0.15, -0.1) is 0 Å². The van der Waals surface area contributed by atoms with Crippen LogP contribution in [-0.4, -0.2) is 38.7 Å². The lowest BCUT2D eigenvalue weighted by molar-refractivity contribution is -0.116. The Kier molecular flexibility index (Phi) is 7.93. The molecule has 238 valence electrons. The van der Waals surface area contributed by atoms with E-state index in [0.29, 0.717) is 11.3 Å². The predicted octanol–water partition coefficient (Wildman–Crippen LogP) is 6.09. The van der Waals surface area contributed by atoms with Gasteiger partial charge in [-0.25, -0.2) is 30.8 Å². The molecule has 0 atom stereocenters. The summed E-state index contributed by atoms with van der Waals surface area (Å²) in [6, 6.07) is 17.1. The molecule has 3 aromatic carbocycles. The number of hydrogen-bond donors (Lipinski definition) is 1. The van der Waals surface area contributed by atoms with E-state index in [0.717, 1.165) is 15.6 Å². The second-order valence-corrected chi connectivity index (χ2v) is 12.8. The maximum Gasteiger partial charge on any atom is 0.268 e. The summed E-state index contributed by atoms with van der Waals surface area (Å²) >= 11 is 0. The van der Waals surface area contributed by atoms with Crippen LogP contribution in [0.1, 0.15) is 39.7 Å². The zero-order valence-electron chi connectivity index (χ0n) is 25.4. The van der Waals surface area contributed by atoms with E-state index >= 15 is 4.39 Å². The van der Waals surface area contributed by atoms with Gasteiger partial charge in [-0.1, -0.05) is 29.8 Å². The molecule has 0 radical (unpaired) electrons. The fourth-order valence-electron chi connectivity index (χ4n) is 5.19. The summed E-state index contributed by atoms with van der Waals surface area (Å²) in [6.07, 6.45) is 2.32. The Balaban J connectivity index is 1.45. The van der Waals surface area contributed by atoms with Gasteiger partial charge in [0.1, 0.15) is 23.1 Å². The maximum absolute atomic E-state index is 15.0. The lowest BCUT2D eigenvalue weighted by Crippen LogP contribution is -2.19. The van der Waals surface area contributed by atoms with Crippen LogP contribution in [0.25, 0.3) is 16.6 Å². The van der Waals surface area contributed by atoms with Crippen LogP contribution in [0.3, 0.4) is 0 Å². The van der Waals surface area contributed by atoms with Crippen LogP contribution in [0.2, 0.25) is 0 Å². The topological polar surface area (TPSA) is 139 Å². The first-order valence-electron chi connectivity index (χ1n) is 14.3. The van der Waals surface area contributed by atoms with Gasteiger partial charge in [0.05, 0.1) is 34.1 Å². The van der Waals surface area contributed by atoms with E-state index in [4.69, 9.17) is 10.5 Å². The van der Waals surface area contributed by atoms with E-state index in [-0.39, 0.29) is 62.3 Å². The average Bonchev–Trinajstić information content (AvgIpc) is 3.59. The Labute approximate surface area is 268 Å². The number of para-hydroxylation sites is 1. The molecule has 3 heterocycles. The molecule has 0 amide bonds. The molecule has 0 fully saturated rings. The van der Waals surface area contributed by atoms with Gasteiger partial charge >= 0.3 is 0 Å². The summed E-state index contributed by atoms with van der Waals surface area (Å²) < 4.78 is 64.9. The minimum atomic E-state index is -4.41. The van der Waals surface area contributed by atoms with Crippen LogP contribution in [0.4, 0.5) is 14.6 Å². The average molecular weight is 656 g/mol. The number of anilines is 1. The van der Waals surface area contributed by atoms with Gasteiger partial charge in [0, 0.05) is 17.9 Å². The molecule has 47 heavy (non-hydrogen) atoms. The SMILES string of the molecule is CC(=O)Cc1cc2c(cc1F)cc(C(=O)c1cnn(-c3cnc(Oc4ccccc4F)cc3C)c1N)n2S(=O)(=O)c1ccc(C)cc1. The fraction of sp³-hybridized carbons (Fsp3) is 0.118. The molecule has 10 nitrogen and oxygen atoms in total. The molecule has 0 aliphatic heterocycles. The summed E-state index contributed by atoms with van der Waals surface area (Å²) in [7, 11) is -4.41. The summed E-state index contributed by atoms with van der Waals surface area (Å²) in [5.41, 5.74) is 7.77. The lowest BCUT2D eigenvalue weighted by Gasteiger charge is -2.13. The van der Waals surface area contributed by atoms with Crippen molar-refractivity contribution in [3.05, 3.63) is 125 Å².